The summed E-state index contributed by atoms with van der Waals surface area (Å²) in [4.78, 5) is 27.1. The summed E-state index contributed by atoms with van der Waals surface area (Å²) >= 11 is 1.88. The quantitative estimate of drug-likeness (QED) is 0.760. The fourth-order valence-electron chi connectivity index (χ4n) is 4.52. The van der Waals surface area contributed by atoms with Gasteiger partial charge in [-0.2, -0.15) is 11.8 Å². The standard InChI is InChI=1S/C23H35N3O2S/c1-23(2,3)19-9-4-5-10-20(19)24-16-21(27)25-18-8-6-7-17(15-18)22(28)26-11-13-29-14-12-26/h6-8,15,19-20,24H,4-5,9-14,16H2,1-3H3,(H,25,27). The van der Waals surface area contributed by atoms with E-state index in [1.807, 2.05) is 34.9 Å². The molecule has 6 heteroatoms. The van der Waals surface area contributed by atoms with E-state index in [0.29, 0.717) is 29.8 Å². The Bertz CT molecular complexity index is 710. The molecule has 0 bridgehead atoms. The molecule has 1 saturated carbocycles. The van der Waals surface area contributed by atoms with Crippen LogP contribution in [0.25, 0.3) is 0 Å². The van der Waals surface area contributed by atoms with Crippen molar-refractivity contribution in [1.82, 2.24) is 10.2 Å². The SMILES string of the molecule is CC(C)(C)C1CCCCC1NCC(=O)Nc1cccc(C(=O)N2CCSCC2)c1. The fourth-order valence-corrected chi connectivity index (χ4v) is 5.42. The van der Waals surface area contributed by atoms with Crippen molar-refractivity contribution in [2.75, 3.05) is 36.5 Å². The maximum atomic E-state index is 12.7. The summed E-state index contributed by atoms with van der Waals surface area (Å²) in [6, 6.07) is 7.69. The highest BCUT2D eigenvalue weighted by Crippen LogP contribution is 2.37. The molecule has 1 heterocycles. The summed E-state index contributed by atoms with van der Waals surface area (Å²) in [5.74, 6) is 2.57. The molecule has 2 N–H and O–H groups in total. The highest BCUT2D eigenvalue weighted by molar-refractivity contribution is 7.99. The van der Waals surface area contributed by atoms with Crippen molar-refractivity contribution in [3.05, 3.63) is 29.8 Å². The molecule has 1 aromatic rings. The number of hydrogen-bond donors (Lipinski definition) is 2. The third kappa shape index (κ3) is 6.22. The Kier molecular flexibility index (Phi) is 7.63. The summed E-state index contributed by atoms with van der Waals surface area (Å²) < 4.78 is 0. The van der Waals surface area contributed by atoms with Gasteiger partial charge in [0.2, 0.25) is 5.91 Å². The van der Waals surface area contributed by atoms with E-state index in [9.17, 15) is 9.59 Å². The summed E-state index contributed by atoms with van der Waals surface area (Å²) in [5, 5.41) is 6.45. The number of benzene rings is 1. The lowest BCUT2D eigenvalue weighted by Gasteiger charge is -2.40. The first kappa shape index (κ1) is 22.2. The third-order valence-corrected chi connectivity index (χ3v) is 7.04. The number of nitrogens with one attached hydrogen (secondary N) is 2. The van der Waals surface area contributed by atoms with Crippen LogP contribution >= 0.6 is 11.8 Å². The minimum absolute atomic E-state index is 0.0507. The van der Waals surface area contributed by atoms with Gasteiger partial charge in [0, 0.05) is 41.9 Å². The summed E-state index contributed by atoms with van der Waals surface area (Å²) in [6.07, 6.45) is 4.86. The Balaban J connectivity index is 1.54. The summed E-state index contributed by atoms with van der Waals surface area (Å²) in [7, 11) is 0. The van der Waals surface area contributed by atoms with Crippen molar-refractivity contribution in [1.29, 1.82) is 0 Å². The molecular formula is C23H35N3O2S. The van der Waals surface area contributed by atoms with Gasteiger partial charge in [0.1, 0.15) is 0 Å². The summed E-state index contributed by atoms with van der Waals surface area (Å²) in [6.45, 7) is 8.77. The van der Waals surface area contributed by atoms with Crippen molar-refractivity contribution >= 4 is 29.3 Å². The molecule has 29 heavy (non-hydrogen) atoms. The predicted octanol–water partition coefficient (Wildman–Crippen LogP) is 4.01. The second kappa shape index (κ2) is 9.98. The van der Waals surface area contributed by atoms with E-state index in [1.165, 1.54) is 19.3 Å². The predicted molar refractivity (Wildman–Crippen MR) is 122 cm³/mol. The van der Waals surface area contributed by atoms with Gasteiger partial charge in [-0.05, 0) is 42.4 Å². The van der Waals surface area contributed by atoms with Gasteiger partial charge in [-0.3, -0.25) is 9.59 Å². The first-order chi connectivity index (χ1) is 13.8. The van der Waals surface area contributed by atoms with Crippen molar-refractivity contribution in [2.24, 2.45) is 11.3 Å². The Labute approximate surface area is 179 Å². The lowest BCUT2D eigenvalue weighted by Crippen LogP contribution is -2.46. The molecule has 2 unspecified atom stereocenters. The fraction of sp³-hybridized carbons (Fsp3) is 0.652. The highest BCUT2D eigenvalue weighted by atomic mass is 32.2. The van der Waals surface area contributed by atoms with Crippen LogP contribution in [0.2, 0.25) is 0 Å². The molecule has 2 fully saturated rings. The lowest BCUT2D eigenvalue weighted by atomic mass is 9.69. The van der Waals surface area contributed by atoms with Crippen LogP contribution in [-0.2, 0) is 4.79 Å². The van der Waals surface area contributed by atoms with Gasteiger partial charge < -0.3 is 15.5 Å². The molecule has 2 aliphatic rings. The molecule has 2 atom stereocenters. The maximum Gasteiger partial charge on any atom is 0.253 e. The topological polar surface area (TPSA) is 61.4 Å². The van der Waals surface area contributed by atoms with Crippen LogP contribution in [0, 0.1) is 11.3 Å². The molecule has 2 amide bonds. The van der Waals surface area contributed by atoms with Crippen LogP contribution in [-0.4, -0.2) is 53.9 Å². The largest absolute Gasteiger partial charge is 0.337 e. The molecule has 5 nitrogen and oxygen atoms in total. The lowest BCUT2D eigenvalue weighted by molar-refractivity contribution is -0.115. The van der Waals surface area contributed by atoms with Crippen LogP contribution in [0.15, 0.2) is 24.3 Å². The third-order valence-electron chi connectivity index (χ3n) is 6.09. The van der Waals surface area contributed by atoms with Crippen molar-refractivity contribution in [3.8, 4) is 0 Å². The average molecular weight is 418 g/mol. The molecule has 0 aromatic heterocycles. The number of carbonyl (C=O) groups excluding carboxylic acids is 2. The number of anilines is 1. The van der Waals surface area contributed by atoms with Gasteiger partial charge in [-0.25, -0.2) is 0 Å². The van der Waals surface area contributed by atoms with E-state index < -0.39 is 0 Å². The van der Waals surface area contributed by atoms with E-state index in [2.05, 4.69) is 31.4 Å². The second-order valence-electron chi connectivity index (χ2n) is 9.28. The molecule has 3 rings (SSSR count). The Morgan fingerprint density at radius 3 is 2.59 bits per heavy atom. The smallest absolute Gasteiger partial charge is 0.253 e. The van der Waals surface area contributed by atoms with E-state index in [-0.39, 0.29) is 17.2 Å². The second-order valence-corrected chi connectivity index (χ2v) is 10.5. The molecule has 1 aromatic carbocycles. The average Bonchev–Trinajstić information content (AvgIpc) is 2.72. The van der Waals surface area contributed by atoms with Crippen LogP contribution < -0.4 is 10.6 Å². The zero-order chi connectivity index (χ0) is 20.9. The van der Waals surface area contributed by atoms with Gasteiger partial charge in [-0.1, -0.05) is 39.7 Å². The minimum atomic E-state index is -0.0535. The van der Waals surface area contributed by atoms with Crippen molar-refractivity contribution in [3.63, 3.8) is 0 Å². The molecule has 1 saturated heterocycles. The Morgan fingerprint density at radius 2 is 1.86 bits per heavy atom. The number of amides is 2. The molecule has 0 radical (unpaired) electrons. The van der Waals surface area contributed by atoms with E-state index in [0.717, 1.165) is 31.0 Å². The number of thioether (sulfide) groups is 1. The highest BCUT2D eigenvalue weighted by Gasteiger charge is 2.34. The Morgan fingerprint density at radius 1 is 1.14 bits per heavy atom. The van der Waals surface area contributed by atoms with Gasteiger partial charge in [-0.15, -0.1) is 0 Å². The van der Waals surface area contributed by atoms with Crippen LogP contribution in [0.4, 0.5) is 5.69 Å². The van der Waals surface area contributed by atoms with Crippen LogP contribution in [0.5, 0.6) is 0 Å². The number of nitrogens with zero attached hydrogens (tertiary/aromatic N) is 1. The van der Waals surface area contributed by atoms with Gasteiger partial charge in [0.15, 0.2) is 0 Å². The first-order valence-corrected chi connectivity index (χ1v) is 12.0. The minimum Gasteiger partial charge on any atom is -0.337 e. The Hall–Kier alpha value is -1.53. The molecular weight excluding hydrogens is 382 g/mol. The monoisotopic (exact) mass is 417 g/mol. The zero-order valence-corrected chi connectivity index (χ0v) is 18.8. The van der Waals surface area contributed by atoms with E-state index >= 15 is 0 Å². The van der Waals surface area contributed by atoms with Crippen LogP contribution in [0.1, 0.15) is 56.8 Å². The summed E-state index contributed by atoms with van der Waals surface area (Å²) in [5.41, 5.74) is 1.57. The first-order valence-electron chi connectivity index (χ1n) is 10.8. The van der Waals surface area contributed by atoms with Crippen molar-refractivity contribution < 1.29 is 9.59 Å². The van der Waals surface area contributed by atoms with Crippen molar-refractivity contribution in [2.45, 2.75) is 52.5 Å². The zero-order valence-electron chi connectivity index (χ0n) is 18.0. The van der Waals surface area contributed by atoms with Gasteiger partial charge in [0.25, 0.3) is 5.91 Å². The van der Waals surface area contributed by atoms with Gasteiger partial charge in [0.05, 0.1) is 6.54 Å². The molecule has 0 spiro atoms. The molecule has 1 aliphatic carbocycles. The molecule has 1 aliphatic heterocycles. The number of rotatable bonds is 5. The number of carbonyl (C=O) groups is 2. The van der Waals surface area contributed by atoms with Gasteiger partial charge >= 0.3 is 0 Å². The maximum absolute atomic E-state index is 12.7. The number of hydrogen-bond acceptors (Lipinski definition) is 4. The van der Waals surface area contributed by atoms with E-state index in [1.54, 1.807) is 6.07 Å². The normalized spacial score (nSPS) is 22.9. The molecule has 160 valence electrons. The van der Waals surface area contributed by atoms with Crippen LogP contribution in [0.3, 0.4) is 0 Å². The van der Waals surface area contributed by atoms with E-state index in [4.69, 9.17) is 0 Å².